The number of halogens is 1. The number of morpholine rings is 1. The number of rotatable bonds is 6. The number of carbonyl (C=O) groups is 1. The molecule has 0 unspecified atom stereocenters. The highest BCUT2D eigenvalue weighted by molar-refractivity contribution is 7.22. The number of amides is 1. The maximum Gasteiger partial charge on any atom is 0.280 e. The van der Waals surface area contributed by atoms with Gasteiger partial charge in [0.25, 0.3) is 5.91 Å². The molecule has 1 aliphatic heterocycles. The Morgan fingerprint density at radius 2 is 2.00 bits per heavy atom. The van der Waals surface area contributed by atoms with Crippen molar-refractivity contribution in [2.45, 2.75) is 20.3 Å². The molecule has 3 heterocycles. The largest absolute Gasteiger partial charge is 0.379 e. The van der Waals surface area contributed by atoms with Gasteiger partial charge in [-0.1, -0.05) is 17.4 Å². The zero-order valence-electron chi connectivity index (χ0n) is 17.6. The second-order valence-electron chi connectivity index (χ2n) is 7.49. The van der Waals surface area contributed by atoms with Crippen LogP contribution in [0.5, 0.6) is 0 Å². The number of thiazole rings is 1. The Hall–Kier alpha value is -2.00. The Morgan fingerprint density at radius 3 is 2.70 bits per heavy atom. The predicted octanol–water partition coefficient (Wildman–Crippen LogP) is 3.44. The van der Waals surface area contributed by atoms with Crippen LogP contribution in [-0.2, 0) is 11.8 Å². The molecule has 162 valence electrons. The normalized spacial score (nSPS) is 14.6. The minimum atomic E-state index is -0.0963. The summed E-state index contributed by atoms with van der Waals surface area (Å²) < 4.78 is 8.19. The van der Waals surface area contributed by atoms with Gasteiger partial charge in [0.05, 0.1) is 23.4 Å². The molecule has 7 nitrogen and oxygen atoms in total. The monoisotopic (exact) mass is 449 g/mol. The van der Waals surface area contributed by atoms with Crippen LogP contribution in [0.4, 0.5) is 5.13 Å². The fourth-order valence-corrected chi connectivity index (χ4v) is 4.61. The van der Waals surface area contributed by atoms with Crippen LogP contribution in [0.3, 0.4) is 0 Å². The maximum atomic E-state index is 13.3. The second kappa shape index (κ2) is 9.87. The van der Waals surface area contributed by atoms with Crippen molar-refractivity contribution in [2.24, 2.45) is 7.05 Å². The minimum absolute atomic E-state index is 0. The van der Waals surface area contributed by atoms with Crippen LogP contribution in [0.15, 0.2) is 24.4 Å². The number of aromatic nitrogens is 3. The quantitative estimate of drug-likeness (QED) is 0.576. The maximum absolute atomic E-state index is 13.3. The SMILES string of the molecule is Cc1ccc2sc(N(CCCN3CCOCC3)C(=O)c3ccn(C)n3)nc2c1C.Cl. The smallest absolute Gasteiger partial charge is 0.280 e. The second-order valence-corrected chi connectivity index (χ2v) is 8.50. The van der Waals surface area contributed by atoms with Gasteiger partial charge in [0, 0.05) is 39.4 Å². The predicted molar refractivity (Wildman–Crippen MR) is 123 cm³/mol. The van der Waals surface area contributed by atoms with E-state index in [1.807, 2.05) is 7.05 Å². The molecular formula is C21H28ClN5O2S. The third-order valence-corrected chi connectivity index (χ3v) is 6.49. The number of carbonyl (C=O) groups excluding carboxylic acids is 1. The summed E-state index contributed by atoms with van der Waals surface area (Å²) in [5, 5.41) is 5.06. The first-order valence-electron chi connectivity index (χ1n) is 10.0. The van der Waals surface area contributed by atoms with E-state index in [-0.39, 0.29) is 18.3 Å². The number of hydrogen-bond acceptors (Lipinski definition) is 6. The zero-order valence-corrected chi connectivity index (χ0v) is 19.3. The van der Waals surface area contributed by atoms with Crippen molar-refractivity contribution in [1.82, 2.24) is 19.7 Å². The fraction of sp³-hybridized carbons (Fsp3) is 0.476. The van der Waals surface area contributed by atoms with E-state index < -0.39 is 0 Å². The molecule has 0 N–H and O–H groups in total. The van der Waals surface area contributed by atoms with Gasteiger partial charge in [-0.05, 0) is 43.5 Å². The van der Waals surface area contributed by atoms with Crippen molar-refractivity contribution in [1.29, 1.82) is 0 Å². The highest BCUT2D eigenvalue weighted by Crippen LogP contribution is 2.32. The first-order valence-corrected chi connectivity index (χ1v) is 10.8. The molecule has 2 aromatic heterocycles. The lowest BCUT2D eigenvalue weighted by Gasteiger charge is -2.27. The molecule has 0 spiro atoms. The number of benzene rings is 1. The van der Waals surface area contributed by atoms with Gasteiger partial charge < -0.3 is 4.74 Å². The molecule has 0 saturated carbocycles. The lowest BCUT2D eigenvalue weighted by atomic mass is 10.1. The lowest BCUT2D eigenvalue weighted by Crippen LogP contribution is -2.39. The summed E-state index contributed by atoms with van der Waals surface area (Å²) in [6, 6.07) is 5.97. The van der Waals surface area contributed by atoms with Crippen LogP contribution in [0, 0.1) is 13.8 Å². The van der Waals surface area contributed by atoms with Crippen molar-refractivity contribution in [3.05, 3.63) is 41.2 Å². The molecule has 9 heteroatoms. The summed E-state index contributed by atoms with van der Waals surface area (Å²) in [7, 11) is 1.82. The molecule has 1 aliphatic rings. The van der Waals surface area contributed by atoms with Crippen LogP contribution in [0.25, 0.3) is 10.2 Å². The summed E-state index contributed by atoms with van der Waals surface area (Å²) in [6.45, 7) is 9.21. The number of aryl methyl sites for hydroxylation is 3. The first-order chi connectivity index (χ1) is 14.0. The Labute approximate surface area is 187 Å². The Bertz CT molecular complexity index is 1010. The van der Waals surface area contributed by atoms with Crippen molar-refractivity contribution in [3.8, 4) is 0 Å². The van der Waals surface area contributed by atoms with E-state index >= 15 is 0 Å². The van der Waals surface area contributed by atoms with Crippen molar-refractivity contribution in [3.63, 3.8) is 0 Å². The topological polar surface area (TPSA) is 63.5 Å². The molecule has 1 saturated heterocycles. The van der Waals surface area contributed by atoms with Gasteiger partial charge in [-0.3, -0.25) is 19.3 Å². The first kappa shape index (κ1) is 22.7. The van der Waals surface area contributed by atoms with E-state index in [9.17, 15) is 4.79 Å². The molecule has 0 atom stereocenters. The molecular weight excluding hydrogens is 422 g/mol. The van der Waals surface area contributed by atoms with E-state index in [2.05, 4.69) is 36.0 Å². The van der Waals surface area contributed by atoms with Gasteiger partial charge in [-0.2, -0.15) is 5.10 Å². The molecule has 30 heavy (non-hydrogen) atoms. The summed E-state index contributed by atoms with van der Waals surface area (Å²) >= 11 is 1.57. The molecule has 0 aliphatic carbocycles. The number of ether oxygens (including phenoxy) is 1. The van der Waals surface area contributed by atoms with Crippen molar-refractivity contribution < 1.29 is 9.53 Å². The Morgan fingerprint density at radius 1 is 1.23 bits per heavy atom. The molecule has 1 fully saturated rings. The highest BCUT2D eigenvalue weighted by atomic mass is 35.5. The van der Waals surface area contributed by atoms with Crippen molar-refractivity contribution >= 4 is 45.0 Å². The van der Waals surface area contributed by atoms with Crippen LogP contribution in [-0.4, -0.2) is 65.0 Å². The zero-order chi connectivity index (χ0) is 20.4. The summed E-state index contributed by atoms with van der Waals surface area (Å²) in [6.07, 6.45) is 2.68. The van der Waals surface area contributed by atoms with Gasteiger partial charge in [-0.15, -0.1) is 12.4 Å². The van der Waals surface area contributed by atoms with E-state index in [4.69, 9.17) is 9.72 Å². The standard InChI is InChI=1S/C21H27N5O2S.ClH/c1-15-5-6-18-19(16(15)2)22-21(29-18)26(20(27)17-7-10-24(3)23-17)9-4-8-25-11-13-28-14-12-25;/h5-7,10H,4,8-9,11-14H2,1-3H3;1H. The molecule has 3 aromatic rings. The number of hydrogen-bond donors (Lipinski definition) is 0. The van der Waals surface area contributed by atoms with Crippen LogP contribution in [0.2, 0.25) is 0 Å². The number of fused-ring (bicyclic) bond motifs is 1. The number of anilines is 1. The highest BCUT2D eigenvalue weighted by Gasteiger charge is 2.24. The summed E-state index contributed by atoms with van der Waals surface area (Å²) in [4.78, 5) is 22.3. The third kappa shape index (κ3) is 4.83. The number of nitrogens with zero attached hydrogens (tertiary/aromatic N) is 5. The van der Waals surface area contributed by atoms with E-state index in [0.717, 1.165) is 54.6 Å². The van der Waals surface area contributed by atoms with Crippen molar-refractivity contribution in [2.75, 3.05) is 44.3 Å². The van der Waals surface area contributed by atoms with E-state index in [1.54, 1.807) is 33.2 Å². The van der Waals surface area contributed by atoms with E-state index in [1.165, 1.54) is 11.1 Å². The summed E-state index contributed by atoms with van der Waals surface area (Å²) in [5.41, 5.74) is 3.82. The molecule has 1 amide bonds. The Balaban J connectivity index is 0.00000256. The Kier molecular flexibility index (Phi) is 7.46. The molecule has 4 rings (SSSR count). The van der Waals surface area contributed by atoms with Gasteiger partial charge >= 0.3 is 0 Å². The summed E-state index contributed by atoms with van der Waals surface area (Å²) in [5.74, 6) is -0.0963. The van der Waals surface area contributed by atoms with Crippen LogP contribution >= 0.6 is 23.7 Å². The third-order valence-electron chi connectivity index (χ3n) is 5.44. The van der Waals surface area contributed by atoms with Crippen LogP contribution in [0.1, 0.15) is 28.0 Å². The molecule has 0 radical (unpaired) electrons. The van der Waals surface area contributed by atoms with Gasteiger partial charge in [0.15, 0.2) is 10.8 Å². The fourth-order valence-electron chi connectivity index (χ4n) is 3.56. The average Bonchev–Trinajstić information content (AvgIpc) is 3.35. The minimum Gasteiger partial charge on any atom is -0.379 e. The van der Waals surface area contributed by atoms with Gasteiger partial charge in [0.2, 0.25) is 0 Å². The lowest BCUT2D eigenvalue weighted by molar-refractivity contribution is 0.0376. The van der Waals surface area contributed by atoms with Gasteiger partial charge in [-0.25, -0.2) is 4.98 Å². The van der Waals surface area contributed by atoms with Crippen LogP contribution < -0.4 is 4.90 Å². The molecule has 0 bridgehead atoms. The molecule has 1 aromatic carbocycles. The average molecular weight is 450 g/mol. The van der Waals surface area contributed by atoms with Gasteiger partial charge in [0.1, 0.15) is 0 Å². The van der Waals surface area contributed by atoms with E-state index in [0.29, 0.717) is 12.2 Å².